The molecule has 176 valence electrons. The predicted octanol–water partition coefficient (Wildman–Crippen LogP) is 4.72. The number of nitrogens with zero attached hydrogens (tertiary/aromatic N) is 3. The van der Waals surface area contributed by atoms with Gasteiger partial charge in [0.2, 0.25) is 15.9 Å². The van der Waals surface area contributed by atoms with E-state index in [0.717, 1.165) is 14.5 Å². The van der Waals surface area contributed by atoms with Gasteiger partial charge in [0, 0.05) is 22.5 Å². The molecule has 3 rings (SSSR count). The van der Waals surface area contributed by atoms with Crippen molar-refractivity contribution in [3.63, 3.8) is 0 Å². The molecule has 1 amide bonds. The van der Waals surface area contributed by atoms with E-state index in [9.17, 15) is 17.6 Å². The van der Waals surface area contributed by atoms with Crippen LogP contribution < -0.4 is 5.32 Å². The van der Waals surface area contributed by atoms with Gasteiger partial charge in [0.05, 0.1) is 22.8 Å². The van der Waals surface area contributed by atoms with Crippen molar-refractivity contribution in [3.05, 3.63) is 70.6 Å². The summed E-state index contributed by atoms with van der Waals surface area (Å²) in [5, 5.41) is 7.35. The second-order valence-electron chi connectivity index (χ2n) is 8.49. The van der Waals surface area contributed by atoms with Crippen LogP contribution in [0.3, 0.4) is 0 Å². The Morgan fingerprint density at radius 2 is 1.73 bits per heavy atom. The van der Waals surface area contributed by atoms with Gasteiger partial charge in [0.15, 0.2) is 0 Å². The molecule has 0 bridgehead atoms. The average Bonchev–Trinajstić information content (AvgIpc) is 3.17. The van der Waals surface area contributed by atoms with Crippen molar-refractivity contribution < 1.29 is 17.6 Å². The van der Waals surface area contributed by atoms with Crippen LogP contribution in [0, 0.1) is 5.82 Å². The molecular weight excluding hydrogens is 511 g/mol. The first-order chi connectivity index (χ1) is 15.4. The quantitative estimate of drug-likeness (QED) is 0.473. The Balaban J connectivity index is 1.87. The topological polar surface area (TPSA) is 84.3 Å². The highest BCUT2D eigenvalue weighted by molar-refractivity contribution is 9.10. The number of anilines is 1. The molecule has 0 saturated heterocycles. The third kappa shape index (κ3) is 5.87. The third-order valence-electron chi connectivity index (χ3n) is 4.94. The molecule has 10 heteroatoms. The SMILES string of the molecule is CCN(CC(=O)Nc1cc(C(C)(C)C)nn1-c1ccc(F)cc1)S(=O)(=O)c1ccc(Br)cc1. The maximum atomic E-state index is 13.4. The standard InChI is InChI=1S/C23H26BrFN4O3S/c1-5-28(33(31,32)19-12-6-16(24)7-13-19)15-22(30)26-21-14-20(23(2,3)4)27-29(21)18-10-8-17(25)9-11-18/h6-14H,5,15H2,1-4H3,(H,26,30). The molecule has 0 aliphatic carbocycles. The second kappa shape index (κ2) is 9.74. The summed E-state index contributed by atoms with van der Waals surface area (Å²) >= 11 is 3.29. The van der Waals surface area contributed by atoms with Crippen molar-refractivity contribution in [2.75, 3.05) is 18.4 Å². The zero-order chi connectivity index (χ0) is 24.4. The van der Waals surface area contributed by atoms with E-state index >= 15 is 0 Å². The molecule has 0 fully saturated rings. The van der Waals surface area contributed by atoms with Crippen LogP contribution in [-0.4, -0.2) is 41.5 Å². The Morgan fingerprint density at radius 3 is 2.27 bits per heavy atom. The lowest BCUT2D eigenvalue weighted by atomic mass is 9.92. The minimum atomic E-state index is -3.85. The molecule has 2 aromatic carbocycles. The van der Waals surface area contributed by atoms with E-state index in [2.05, 4.69) is 26.3 Å². The summed E-state index contributed by atoms with van der Waals surface area (Å²) in [7, 11) is -3.85. The van der Waals surface area contributed by atoms with Gasteiger partial charge in [0.25, 0.3) is 0 Å². The number of carbonyl (C=O) groups is 1. The van der Waals surface area contributed by atoms with Gasteiger partial charge in [-0.25, -0.2) is 17.5 Å². The normalized spacial score (nSPS) is 12.2. The van der Waals surface area contributed by atoms with Crippen LogP contribution in [0.15, 0.2) is 64.0 Å². The van der Waals surface area contributed by atoms with Crippen LogP contribution in [0.2, 0.25) is 0 Å². The first-order valence-corrected chi connectivity index (χ1v) is 12.6. The molecule has 0 atom stereocenters. The van der Waals surface area contributed by atoms with E-state index in [1.807, 2.05) is 20.8 Å². The lowest BCUT2D eigenvalue weighted by Crippen LogP contribution is -2.38. The summed E-state index contributed by atoms with van der Waals surface area (Å²) in [6.07, 6.45) is 0. The first kappa shape index (κ1) is 25.1. The predicted molar refractivity (Wildman–Crippen MR) is 129 cm³/mol. The molecule has 3 aromatic rings. The van der Waals surface area contributed by atoms with Crippen LogP contribution in [0.25, 0.3) is 5.69 Å². The van der Waals surface area contributed by atoms with E-state index in [1.165, 1.54) is 28.9 Å². The number of amides is 1. The van der Waals surface area contributed by atoms with E-state index < -0.39 is 15.9 Å². The van der Waals surface area contributed by atoms with Crippen LogP contribution in [0.4, 0.5) is 10.2 Å². The Hall–Kier alpha value is -2.56. The third-order valence-corrected chi connectivity index (χ3v) is 7.40. The van der Waals surface area contributed by atoms with Gasteiger partial charge < -0.3 is 5.32 Å². The summed E-state index contributed by atoms with van der Waals surface area (Å²) in [6.45, 7) is 7.38. The highest BCUT2D eigenvalue weighted by Crippen LogP contribution is 2.26. The number of likely N-dealkylation sites (N-methyl/N-ethyl adjacent to an activating group) is 1. The number of aromatic nitrogens is 2. The average molecular weight is 537 g/mol. The largest absolute Gasteiger partial charge is 0.309 e. The van der Waals surface area contributed by atoms with Gasteiger partial charge in [-0.15, -0.1) is 0 Å². The van der Waals surface area contributed by atoms with Crippen molar-refractivity contribution in [2.45, 2.75) is 38.0 Å². The van der Waals surface area contributed by atoms with Gasteiger partial charge in [-0.3, -0.25) is 4.79 Å². The zero-order valence-corrected chi connectivity index (χ0v) is 21.2. The second-order valence-corrected chi connectivity index (χ2v) is 11.3. The molecule has 0 unspecified atom stereocenters. The lowest BCUT2D eigenvalue weighted by Gasteiger charge is -2.20. The number of nitrogens with one attached hydrogen (secondary N) is 1. The maximum Gasteiger partial charge on any atom is 0.243 e. The van der Waals surface area contributed by atoms with Gasteiger partial charge >= 0.3 is 0 Å². The highest BCUT2D eigenvalue weighted by atomic mass is 79.9. The molecule has 0 saturated carbocycles. The fraction of sp³-hybridized carbons (Fsp3) is 0.304. The van der Waals surface area contributed by atoms with Crippen LogP contribution in [-0.2, 0) is 20.2 Å². The Bertz CT molecular complexity index is 1230. The number of sulfonamides is 1. The van der Waals surface area contributed by atoms with E-state index in [1.54, 1.807) is 37.3 Å². The lowest BCUT2D eigenvalue weighted by molar-refractivity contribution is -0.116. The number of rotatable bonds is 7. The number of hydrogen-bond donors (Lipinski definition) is 1. The molecule has 1 N–H and O–H groups in total. The van der Waals surface area contributed by atoms with E-state index in [0.29, 0.717) is 11.5 Å². The van der Waals surface area contributed by atoms with Gasteiger partial charge in [0.1, 0.15) is 11.6 Å². The summed E-state index contributed by atoms with van der Waals surface area (Å²) in [6, 6.07) is 13.7. The zero-order valence-electron chi connectivity index (χ0n) is 18.8. The Labute approximate surface area is 201 Å². The maximum absolute atomic E-state index is 13.4. The van der Waals surface area contributed by atoms with Crippen LogP contribution in [0.1, 0.15) is 33.4 Å². The minimum absolute atomic E-state index is 0.103. The minimum Gasteiger partial charge on any atom is -0.309 e. The molecular formula is C23H26BrFN4O3S. The number of benzene rings is 2. The van der Waals surface area contributed by atoms with Crippen molar-refractivity contribution in [1.82, 2.24) is 14.1 Å². The smallest absolute Gasteiger partial charge is 0.243 e. The summed E-state index contributed by atoms with van der Waals surface area (Å²) in [5.41, 5.74) is 0.986. The number of carbonyl (C=O) groups excluding carboxylic acids is 1. The molecule has 0 aliphatic heterocycles. The van der Waals surface area contributed by atoms with Crippen molar-refractivity contribution >= 4 is 37.7 Å². The Kier molecular flexibility index (Phi) is 7.40. The number of halogens is 2. The van der Waals surface area contributed by atoms with Gasteiger partial charge in [-0.1, -0.05) is 43.6 Å². The van der Waals surface area contributed by atoms with E-state index in [-0.39, 0.29) is 29.2 Å². The fourth-order valence-corrected chi connectivity index (χ4v) is 4.75. The van der Waals surface area contributed by atoms with Crippen LogP contribution in [0.5, 0.6) is 0 Å². The van der Waals surface area contributed by atoms with E-state index in [4.69, 9.17) is 0 Å². The van der Waals surface area contributed by atoms with Gasteiger partial charge in [-0.2, -0.15) is 9.40 Å². The molecule has 1 heterocycles. The summed E-state index contributed by atoms with van der Waals surface area (Å²) in [5.74, 6) is -0.529. The van der Waals surface area contributed by atoms with Crippen molar-refractivity contribution in [2.24, 2.45) is 0 Å². The van der Waals surface area contributed by atoms with Crippen molar-refractivity contribution in [1.29, 1.82) is 0 Å². The molecule has 0 aliphatic rings. The Morgan fingerprint density at radius 1 is 1.12 bits per heavy atom. The van der Waals surface area contributed by atoms with Crippen LogP contribution >= 0.6 is 15.9 Å². The summed E-state index contributed by atoms with van der Waals surface area (Å²) < 4.78 is 42.8. The number of hydrogen-bond acceptors (Lipinski definition) is 4. The van der Waals surface area contributed by atoms with Gasteiger partial charge in [-0.05, 0) is 48.5 Å². The molecule has 1 aromatic heterocycles. The highest BCUT2D eigenvalue weighted by Gasteiger charge is 2.27. The monoisotopic (exact) mass is 536 g/mol. The molecule has 33 heavy (non-hydrogen) atoms. The fourth-order valence-electron chi connectivity index (χ4n) is 3.08. The summed E-state index contributed by atoms with van der Waals surface area (Å²) in [4.78, 5) is 13.0. The first-order valence-electron chi connectivity index (χ1n) is 10.3. The molecule has 0 spiro atoms. The molecule has 7 nitrogen and oxygen atoms in total. The molecule has 0 radical (unpaired) electrons. The van der Waals surface area contributed by atoms with Crippen molar-refractivity contribution in [3.8, 4) is 5.69 Å².